The quantitative estimate of drug-likeness (QED) is 0.629. The lowest BCUT2D eigenvalue weighted by atomic mass is 10.1. The van der Waals surface area contributed by atoms with E-state index >= 15 is 0 Å². The van der Waals surface area contributed by atoms with E-state index in [0.29, 0.717) is 24.2 Å². The summed E-state index contributed by atoms with van der Waals surface area (Å²) >= 11 is 0. The van der Waals surface area contributed by atoms with Gasteiger partial charge < -0.3 is 15.6 Å². The van der Waals surface area contributed by atoms with Crippen LogP contribution in [0.2, 0.25) is 0 Å². The van der Waals surface area contributed by atoms with Crippen molar-refractivity contribution in [3.05, 3.63) is 29.1 Å². The van der Waals surface area contributed by atoms with Crippen LogP contribution in [0.3, 0.4) is 0 Å². The minimum Gasteiger partial charge on any atom is -0.396 e. The van der Waals surface area contributed by atoms with Crippen LogP contribution in [0.4, 0.5) is 0 Å². The molecular formula is C11H16N2O2. The second kappa shape index (κ2) is 5.58. The first kappa shape index (κ1) is 11.8. The van der Waals surface area contributed by atoms with E-state index in [1.807, 2.05) is 6.07 Å². The standard InChI is InChI=1S/C11H16N2O2/c1-8(12)11-6-9(7-15)5-10(13-11)3-2-4-14/h5-6,12,14-15H,2-4,7H2,1H3. The molecule has 1 aromatic rings. The average molecular weight is 208 g/mol. The normalized spacial score (nSPS) is 10.3. The van der Waals surface area contributed by atoms with E-state index < -0.39 is 0 Å². The second-order valence-electron chi connectivity index (χ2n) is 3.46. The lowest BCUT2D eigenvalue weighted by Crippen LogP contribution is -2.03. The summed E-state index contributed by atoms with van der Waals surface area (Å²) in [5, 5.41) is 25.2. The van der Waals surface area contributed by atoms with Crippen molar-refractivity contribution in [2.24, 2.45) is 0 Å². The van der Waals surface area contributed by atoms with Gasteiger partial charge in [0.1, 0.15) is 0 Å². The lowest BCUT2D eigenvalue weighted by molar-refractivity contribution is 0.281. The first-order valence-corrected chi connectivity index (χ1v) is 4.94. The van der Waals surface area contributed by atoms with E-state index in [0.717, 1.165) is 11.3 Å². The third-order valence-corrected chi connectivity index (χ3v) is 2.10. The molecule has 0 saturated heterocycles. The molecule has 0 unspecified atom stereocenters. The number of pyridine rings is 1. The summed E-state index contributed by atoms with van der Waals surface area (Å²) in [6.45, 7) is 1.75. The van der Waals surface area contributed by atoms with E-state index in [9.17, 15) is 0 Å². The zero-order valence-electron chi connectivity index (χ0n) is 8.82. The van der Waals surface area contributed by atoms with Crippen LogP contribution in [0.15, 0.2) is 12.1 Å². The van der Waals surface area contributed by atoms with Gasteiger partial charge in [0.15, 0.2) is 0 Å². The number of rotatable bonds is 5. The van der Waals surface area contributed by atoms with Gasteiger partial charge in [0.25, 0.3) is 0 Å². The number of aromatic nitrogens is 1. The Morgan fingerprint density at radius 1 is 1.40 bits per heavy atom. The van der Waals surface area contributed by atoms with Crippen molar-refractivity contribution in [3.63, 3.8) is 0 Å². The maximum absolute atomic E-state index is 9.05. The average Bonchev–Trinajstić information content (AvgIpc) is 2.25. The minimum absolute atomic E-state index is 0.0467. The highest BCUT2D eigenvalue weighted by atomic mass is 16.3. The van der Waals surface area contributed by atoms with Gasteiger partial charge in [-0.05, 0) is 37.5 Å². The van der Waals surface area contributed by atoms with Gasteiger partial charge in [-0.3, -0.25) is 4.98 Å². The molecule has 0 aliphatic heterocycles. The summed E-state index contributed by atoms with van der Waals surface area (Å²) < 4.78 is 0. The first-order chi connectivity index (χ1) is 7.17. The van der Waals surface area contributed by atoms with E-state index in [1.165, 1.54) is 0 Å². The molecule has 0 aliphatic rings. The molecule has 15 heavy (non-hydrogen) atoms. The van der Waals surface area contributed by atoms with Crippen molar-refractivity contribution < 1.29 is 10.2 Å². The van der Waals surface area contributed by atoms with Gasteiger partial charge in [-0.25, -0.2) is 0 Å². The lowest BCUT2D eigenvalue weighted by Gasteiger charge is -2.06. The van der Waals surface area contributed by atoms with Crippen molar-refractivity contribution in [1.82, 2.24) is 4.98 Å². The van der Waals surface area contributed by atoms with E-state index in [1.54, 1.807) is 13.0 Å². The monoisotopic (exact) mass is 208 g/mol. The molecule has 0 bridgehead atoms. The summed E-state index contributed by atoms with van der Waals surface area (Å²) in [6, 6.07) is 3.52. The maximum atomic E-state index is 9.05. The van der Waals surface area contributed by atoms with Gasteiger partial charge in [0.05, 0.1) is 18.0 Å². The summed E-state index contributed by atoms with van der Waals surface area (Å²) in [5.74, 6) is 0. The number of aliphatic hydroxyl groups excluding tert-OH is 2. The molecule has 4 heteroatoms. The molecule has 0 atom stereocenters. The molecule has 1 rings (SSSR count). The molecule has 3 N–H and O–H groups in total. The van der Waals surface area contributed by atoms with Gasteiger partial charge in [-0.15, -0.1) is 0 Å². The van der Waals surface area contributed by atoms with E-state index in [2.05, 4.69) is 4.98 Å². The minimum atomic E-state index is -0.0467. The van der Waals surface area contributed by atoms with Crippen molar-refractivity contribution in [2.75, 3.05) is 6.61 Å². The highest BCUT2D eigenvalue weighted by Gasteiger charge is 2.03. The number of hydrogen-bond donors (Lipinski definition) is 3. The highest BCUT2D eigenvalue weighted by Crippen LogP contribution is 2.09. The Morgan fingerprint density at radius 3 is 2.67 bits per heavy atom. The zero-order chi connectivity index (χ0) is 11.3. The number of hydrogen-bond acceptors (Lipinski definition) is 4. The molecule has 0 spiro atoms. The fourth-order valence-electron chi connectivity index (χ4n) is 1.32. The molecule has 0 aliphatic carbocycles. The third kappa shape index (κ3) is 3.42. The van der Waals surface area contributed by atoms with Crippen LogP contribution in [0, 0.1) is 5.41 Å². The molecule has 4 nitrogen and oxygen atoms in total. The smallest absolute Gasteiger partial charge is 0.0841 e. The zero-order valence-corrected chi connectivity index (χ0v) is 8.82. The number of nitrogens with zero attached hydrogens (tertiary/aromatic N) is 1. The Kier molecular flexibility index (Phi) is 4.39. The summed E-state index contributed by atoms with van der Waals surface area (Å²) in [6.07, 6.45) is 1.32. The van der Waals surface area contributed by atoms with Gasteiger partial charge in [-0.1, -0.05) is 0 Å². The Labute approximate surface area is 89.1 Å². The van der Waals surface area contributed by atoms with Gasteiger partial charge in [0, 0.05) is 12.3 Å². The second-order valence-corrected chi connectivity index (χ2v) is 3.46. The molecule has 0 saturated carbocycles. The molecular weight excluding hydrogens is 192 g/mol. The molecule has 1 aromatic heterocycles. The van der Waals surface area contributed by atoms with Crippen molar-refractivity contribution in [2.45, 2.75) is 26.4 Å². The van der Waals surface area contributed by atoms with Gasteiger partial charge in [-0.2, -0.15) is 0 Å². The fourth-order valence-corrected chi connectivity index (χ4v) is 1.32. The maximum Gasteiger partial charge on any atom is 0.0841 e. The number of aliphatic hydroxyl groups is 2. The van der Waals surface area contributed by atoms with Crippen molar-refractivity contribution >= 4 is 5.71 Å². The van der Waals surface area contributed by atoms with Crippen LogP contribution in [-0.4, -0.2) is 27.5 Å². The van der Waals surface area contributed by atoms with Crippen LogP contribution >= 0.6 is 0 Å². The molecule has 0 radical (unpaired) electrons. The number of nitrogens with one attached hydrogen (secondary N) is 1. The predicted octanol–water partition coefficient (Wildman–Crippen LogP) is 0.887. The Balaban J connectivity index is 2.95. The van der Waals surface area contributed by atoms with Crippen molar-refractivity contribution in [1.29, 1.82) is 5.41 Å². The highest BCUT2D eigenvalue weighted by molar-refractivity contribution is 5.94. The van der Waals surface area contributed by atoms with Crippen LogP contribution in [0.25, 0.3) is 0 Å². The fraction of sp³-hybridized carbons (Fsp3) is 0.455. The van der Waals surface area contributed by atoms with Crippen LogP contribution < -0.4 is 0 Å². The van der Waals surface area contributed by atoms with Crippen LogP contribution in [-0.2, 0) is 13.0 Å². The summed E-state index contributed by atoms with van der Waals surface area (Å²) in [5.41, 5.74) is 2.56. The SMILES string of the molecule is CC(=N)c1cc(CO)cc(CCCO)n1. The Morgan fingerprint density at radius 2 is 2.13 bits per heavy atom. The Hall–Kier alpha value is -1.26. The van der Waals surface area contributed by atoms with Gasteiger partial charge >= 0.3 is 0 Å². The molecule has 0 amide bonds. The van der Waals surface area contributed by atoms with Crippen LogP contribution in [0.1, 0.15) is 30.3 Å². The predicted molar refractivity (Wildman–Crippen MR) is 58.1 cm³/mol. The van der Waals surface area contributed by atoms with Crippen LogP contribution in [0.5, 0.6) is 0 Å². The Bertz CT molecular complexity index is 350. The number of aryl methyl sites for hydroxylation is 1. The molecule has 0 fully saturated rings. The molecule has 1 heterocycles. The summed E-state index contributed by atoms with van der Waals surface area (Å²) in [7, 11) is 0. The van der Waals surface area contributed by atoms with E-state index in [4.69, 9.17) is 15.6 Å². The molecule has 82 valence electrons. The third-order valence-electron chi connectivity index (χ3n) is 2.10. The summed E-state index contributed by atoms with van der Waals surface area (Å²) in [4.78, 5) is 4.27. The topological polar surface area (TPSA) is 77.2 Å². The van der Waals surface area contributed by atoms with E-state index in [-0.39, 0.29) is 13.2 Å². The largest absolute Gasteiger partial charge is 0.396 e. The molecule has 0 aromatic carbocycles. The van der Waals surface area contributed by atoms with Crippen molar-refractivity contribution in [3.8, 4) is 0 Å². The van der Waals surface area contributed by atoms with Gasteiger partial charge in [0.2, 0.25) is 0 Å². The first-order valence-electron chi connectivity index (χ1n) is 4.94.